The smallest absolute Gasteiger partial charge is 0.270 e. The lowest BCUT2D eigenvalue weighted by Gasteiger charge is -2.06. The van der Waals surface area contributed by atoms with Crippen molar-refractivity contribution in [3.63, 3.8) is 0 Å². The molecule has 6 heteroatoms. The number of ketones is 1. The highest BCUT2D eigenvalue weighted by Gasteiger charge is 2.08. The zero-order chi connectivity index (χ0) is 14.5. The molecule has 0 unspecified atom stereocenters. The van der Waals surface area contributed by atoms with Crippen LogP contribution in [0.2, 0.25) is 0 Å². The van der Waals surface area contributed by atoms with Gasteiger partial charge in [-0.15, -0.1) is 5.10 Å². The second-order valence-corrected chi connectivity index (χ2v) is 5.54. The van der Waals surface area contributed by atoms with E-state index in [0.29, 0.717) is 11.6 Å². The van der Waals surface area contributed by atoms with E-state index in [4.69, 9.17) is 0 Å². The molecule has 0 fully saturated rings. The van der Waals surface area contributed by atoms with Gasteiger partial charge in [0, 0.05) is 6.42 Å². The second-order valence-electron chi connectivity index (χ2n) is 4.57. The molecule has 2 rings (SSSR count). The number of Topliss-reactive ketones (excluding diaryl/α,β-unsaturated/α-hetero) is 1. The van der Waals surface area contributed by atoms with Crippen molar-refractivity contribution in [1.29, 1.82) is 0 Å². The first-order valence-electron chi connectivity index (χ1n) is 6.17. The van der Waals surface area contributed by atoms with Crippen LogP contribution in [-0.2, 0) is 11.2 Å². The van der Waals surface area contributed by atoms with Crippen LogP contribution in [0, 0.1) is 13.8 Å². The first-order valence-corrected chi connectivity index (χ1v) is 7.16. The Labute approximate surface area is 120 Å². The fourth-order valence-corrected chi connectivity index (χ4v) is 2.50. The van der Waals surface area contributed by atoms with E-state index < -0.39 is 0 Å². The van der Waals surface area contributed by atoms with Gasteiger partial charge in [0.05, 0.1) is 5.75 Å². The van der Waals surface area contributed by atoms with Gasteiger partial charge in [-0.3, -0.25) is 14.6 Å². The average Bonchev–Trinajstić information content (AvgIpc) is 2.40. The molecule has 104 valence electrons. The summed E-state index contributed by atoms with van der Waals surface area (Å²) in [6.07, 6.45) is 1.49. The minimum atomic E-state index is -0.315. The predicted octanol–water partition coefficient (Wildman–Crippen LogP) is 1.69. The highest BCUT2D eigenvalue weighted by molar-refractivity contribution is 7.99. The predicted molar refractivity (Wildman–Crippen MR) is 78.0 cm³/mol. The van der Waals surface area contributed by atoms with Crippen LogP contribution in [-0.4, -0.2) is 26.7 Å². The molecule has 0 aliphatic carbocycles. The van der Waals surface area contributed by atoms with Crippen LogP contribution >= 0.6 is 11.8 Å². The monoisotopic (exact) mass is 289 g/mol. The summed E-state index contributed by atoms with van der Waals surface area (Å²) in [5.74, 6) is 0.357. The first-order chi connectivity index (χ1) is 9.54. The molecule has 1 aromatic carbocycles. The summed E-state index contributed by atoms with van der Waals surface area (Å²) in [4.78, 5) is 25.5. The van der Waals surface area contributed by atoms with Gasteiger partial charge in [-0.25, -0.2) is 0 Å². The Hall–Kier alpha value is -1.95. The number of nitrogens with one attached hydrogen (secondary N) is 1. The lowest BCUT2D eigenvalue weighted by molar-refractivity contribution is -0.116. The molecule has 0 saturated heterocycles. The van der Waals surface area contributed by atoms with Crippen molar-refractivity contribution in [1.82, 2.24) is 15.2 Å². The van der Waals surface area contributed by atoms with Crippen LogP contribution in [0.3, 0.4) is 0 Å². The minimum absolute atomic E-state index is 0.0912. The van der Waals surface area contributed by atoms with Gasteiger partial charge in [-0.1, -0.05) is 35.5 Å². The Bertz CT molecular complexity index is 682. The van der Waals surface area contributed by atoms with E-state index in [-0.39, 0.29) is 17.1 Å². The molecule has 1 heterocycles. The maximum Gasteiger partial charge on any atom is 0.270 e. The van der Waals surface area contributed by atoms with E-state index in [2.05, 4.69) is 21.2 Å². The lowest BCUT2D eigenvalue weighted by Crippen LogP contribution is -2.11. The molecule has 0 aliphatic rings. The number of benzene rings is 1. The van der Waals surface area contributed by atoms with Crippen molar-refractivity contribution in [2.75, 3.05) is 5.75 Å². The van der Waals surface area contributed by atoms with Gasteiger partial charge in [-0.2, -0.15) is 5.10 Å². The van der Waals surface area contributed by atoms with Gasteiger partial charge in [0.1, 0.15) is 12.0 Å². The van der Waals surface area contributed by atoms with Crippen molar-refractivity contribution in [3.8, 4) is 0 Å². The Morgan fingerprint density at radius 2 is 2.15 bits per heavy atom. The van der Waals surface area contributed by atoms with E-state index in [1.54, 1.807) is 0 Å². The zero-order valence-corrected chi connectivity index (χ0v) is 12.2. The summed E-state index contributed by atoms with van der Waals surface area (Å²) in [7, 11) is 0. The summed E-state index contributed by atoms with van der Waals surface area (Å²) < 4.78 is 0. The molecular formula is C14H15N3O2S. The number of hydrogen-bond donors (Lipinski definition) is 1. The van der Waals surface area contributed by atoms with E-state index in [0.717, 1.165) is 17.3 Å². The molecule has 0 spiro atoms. The van der Waals surface area contributed by atoms with Crippen LogP contribution in [0.4, 0.5) is 0 Å². The summed E-state index contributed by atoms with van der Waals surface area (Å²) >= 11 is 1.19. The van der Waals surface area contributed by atoms with Crippen molar-refractivity contribution in [3.05, 3.63) is 51.4 Å². The van der Waals surface area contributed by atoms with E-state index >= 15 is 0 Å². The maximum absolute atomic E-state index is 11.9. The molecule has 0 radical (unpaired) electrons. The number of nitrogens with zero attached hydrogens (tertiary/aromatic N) is 2. The summed E-state index contributed by atoms with van der Waals surface area (Å²) in [6.45, 7) is 4.03. The number of hydrogen-bond acceptors (Lipinski definition) is 5. The second kappa shape index (κ2) is 6.47. The Balaban J connectivity index is 1.94. The molecular weight excluding hydrogens is 274 g/mol. The number of carbonyl (C=O) groups excluding carboxylic acids is 1. The van der Waals surface area contributed by atoms with Crippen molar-refractivity contribution in [2.45, 2.75) is 25.4 Å². The standard InChI is InChI=1S/C14H15N3O2S/c1-9-3-4-11(10(2)5-9)6-12(18)8-20-14-16-13(19)7-15-17-14/h3-5,7H,6,8H2,1-2H3,(H,16,17,19). The van der Waals surface area contributed by atoms with Crippen LogP contribution in [0.25, 0.3) is 0 Å². The number of thioether (sulfide) groups is 1. The van der Waals surface area contributed by atoms with Crippen LogP contribution in [0.15, 0.2) is 34.3 Å². The van der Waals surface area contributed by atoms with Gasteiger partial charge in [0.2, 0.25) is 0 Å². The number of aromatic nitrogens is 3. The van der Waals surface area contributed by atoms with Crippen LogP contribution in [0.1, 0.15) is 16.7 Å². The normalized spacial score (nSPS) is 10.5. The SMILES string of the molecule is Cc1ccc(CC(=O)CSc2nncc(=O)[nH]2)c(C)c1. The van der Waals surface area contributed by atoms with E-state index in [1.807, 2.05) is 26.0 Å². The van der Waals surface area contributed by atoms with Crippen molar-refractivity contribution in [2.24, 2.45) is 0 Å². The number of rotatable bonds is 5. The topological polar surface area (TPSA) is 75.7 Å². The third kappa shape index (κ3) is 4.03. The summed E-state index contributed by atoms with van der Waals surface area (Å²) in [5, 5.41) is 7.66. The molecule has 0 amide bonds. The number of aromatic amines is 1. The highest BCUT2D eigenvalue weighted by atomic mass is 32.2. The Morgan fingerprint density at radius 3 is 2.85 bits per heavy atom. The molecule has 5 nitrogen and oxygen atoms in total. The summed E-state index contributed by atoms with van der Waals surface area (Å²) in [5.41, 5.74) is 3.03. The van der Waals surface area contributed by atoms with E-state index in [1.165, 1.54) is 17.3 Å². The zero-order valence-electron chi connectivity index (χ0n) is 11.3. The van der Waals surface area contributed by atoms with Gasteiger partial charge < -0.3 is 0 Å². The number of carbonyl (C=O) groups is 1. The largest absolute Gasteiger partial charge is 0.299 e. The Kier molecular flexibility index (Phi) is 4.68. The quantitative estimate of drug-likeness (QED) is 0.848. The van der Waals surface area contributed by atoms with Gasteiger partial charge in [-0.05, 0) is 25.0 Å². The summed E-state index contributed by atoms with van der Waals surface area (Å²) in [6, 6.07) is 6.05. The molecule has 0 saturated carbocycles. The molecule has 1 N–H and O–H groups in total. The Morgan fingerprint density at radius 1 is 1.35 bits per heavy atom. The number of H-pyrrole nitrogens is 1. The molecule has 20 heavy (non-hydrogen) atoms. The van der Waals surface area contributed by atoms with Gasteiger partial charge in [0.25, 0.3) is 5.56 Å². The molecule has 0 bridgehead atoms. The van der Waals surface area contributed by atoms with Gasteiger partial charge >= 0.3 is 0 Å². The van der Waals surface area contributed by atoms with Crippen molar-refractivity contribution >= 4 is 17.5 Å². The maximum atomic E-state index is 11.9. The van der Waals surface area contributed by atoms with Crippen LogP contribution < -0.4 is 5.56 Å². The minimum Gasteiger partial charge on any atom is -0.299 e. The lowest BCUT2D eigenvalue weighted by atomic mass is 10.0. The molecule has 2 aromatic rings. The van der Waals surface area contributed by atoms with Crippen molar-refractivity contribution < 1.29 is 4.79 Å². The third-order valence-electron chi connectivity index (χ3n) is 2.81. The van der Waals surface area contributed by atoms with E-state index in [9.17, 15) is 9.59 Å². The molecule has 0 atom stereocenters. The van der Waals surface area contributed by atoms with Gasteiger partial charge in [0.15, 0.2) is 5.16 Å². The van der Waals surface area contributed by atoms with Crippen LogP contribution in [0.5, 0.6) is 0 Å². The highest BCUT2D eigenvalue weighted by Crippen LogP contribution is 2.14. The third-order valence-corrected chi connectivity index (χ3v) is 3.73. The molecule has 0 aliphatic heterocycles. The fourth-order valence-electron chi connectivity index (χ4n) is 1.82. The average molecular weight is 289 g/mol. The fraction of sp³-hybridized carbons (Fsp3) is 0.286. The first kappa shape index (κ1) is 14.5. The molecule has 1 aromatic heterocycles. The number of aryl methyl sites for hydroxylation is 2.